The van der Waals surface area contributed by atoms with Crippen molar-refractivity contribution >= 4 is 27.3 Å². The lowest BCUT2D eigenvalue weighted by Crippen LogP contribution is -2.28. The van der Waals surface area contributed by atoms with Crippen LogP contribution in [0.15, 0.2) is 45.6 Å². The molecule has 0 saturated heterocycles. The lowest BCUT2D eigenvalue weighted by molar-refractivity contribution is 0.639. The van der Waals surface area contributed by atoms with Crippen molar-refractivity contribution < 1.29 is 0 Å². The molecule has 2 aromatic rings. The molecule has 78 valence electrons. The Hall–Kier alpha value is -0.680. The molecule has 0 aliphatic carbocycles. The first kappa shape index (κ1) is 10.8. The highest BCUT2D eigenvalue weighted by Crippen LogP contribution is 2.28. The zero-order valence-electron chi connectivity index (χ0n) is 7.98. The molecule has 0 fully saturated rings. The molecule has 3 N–H and O–H groups in total. The molecule has 1 unspecified atom stereocenters. The second-order valence-corrected chi connectivity index (χ2v) is 5.48. The van der Waals surface area contributed by atoms with Crippen molar-refractivity contribution in [3.05, 3.63) is 56.7 Å². The summed E-state index contributed by atoms with van der Waals surface area (Å²) in [5.41, 5.74) is 5.19. The summed E-state index contributed by atoms with van der Waals surface area (Å²) in [5.74, 6) is 5.59. The van der Waals surface area contributed by atoms with E-state index in [0.29, 0.717) is 0 Å². The van der Waals surface area contributed by atoms with Crippen LogP contribution in [0, 0.1) is 0 Å². The summed E-state index contributed by atoms with van der Waals surface area (Å²) >= 11 is 5.12. The van der Waals surface area contributed by atoms with Crippen LogP contribution in [0.4, 0.5) is 0 Å². The van der Waals surface area contributed by atoms with E-state index in [4.69, 9.17) is 5.84 Å². The monoisotopic (exact) mass is 282 g/mol. The summed E-state index contributed by atoms with van der Waals surface area (Å²) in [6.07, 6.45) is 0. The van der Waals surface area contributed by atoms with Gasteiger partial charge in [-0.2, -0.15) is 0 Å². The van der Waals surface area contributed by atoms with Crippen molar-refractivity contribution in [1.82, 2.24) is 5.43 Å². The average molecular weight is 283 g/mol. The molecule has 0 aliphatic rings. The number of benzene rings is 1. The summed E-state index contributed by atoms with van der Waals surface area (Å²) in [7, 11) is 0. The van der Waals surface area contributed by atoms with Gasteiger partial charge in [0.2, 0.25) is 0 Å². The van der Waals surface area contributed by atoms with E-state index in [9.17, 15) is 0 Å². The van der Waals surface area contributed by atoms with E-state index < -0.39 is 0 Å². The lowest BCUT2D eigenvalue weighted by atomic mass is 10.0. The Labute approximate surface area is 101 Å². The van der Waals surface area contributed by atoms with Gasteiger partial charge in [-0.05, 0) is 38.5 Å². The molecule has 4 heteroatoms. The van der Waals surface area contributed by atoms with Crippen LogP contribution < -0.4 is 11.3 Å². The summed E-state index contributed by atoms with van der Waals surface area (Å²) in [6.45, 7) is 0. The Morgan fingerprint density at radius 2 is 1.93 bits per heavy atom. The van der Waals surface area contributed by atoms with Gasteiger partial charge in [0.1, 0.15) is 0 Å². The number of nitrogens with one attached hydrogen (secondary N) is 1. The van der Waals surface area contributed by atoms with Gasteiger partial charge in [0, 0.05) is 0 Å². The molecule has 1 atom stereocenters. The zero-order chi connectivity index (χ0) is 10.7. The van der Waals surface area contributed by atoms with Gasteiger partial charge in [0.25, 0.3) is 0 Å². The summed E-state index contributed by atoms with van der Waals surface area (Å²) in [6, 6.07) is 12.3. The van der Waals surface area contributed by atoms with Crippen LogP contribution in [0.5, 0.6) is 0 Å². The van der Waals surface area contributed by atoms with E-state index in [0.717, 1.165) is 3.79 Å². The third-order valence-corrected chi connectivity index (χ3v) is 3.74. The molecular formula is C11H11BrN2S. The summed E-state index contributed by atoms with van der Waals surface area (Å²) in [4.78, 5) is 0. The number of nitrogens with two attached hydrogens (primary N) is 1. The van der Waals surface area contributed by atoms with E-state index >= 15 is 0 Å². The number of rotatable bonds is 3. The SMILES string of the molecule is NNC(c1ccccc1)c1csc(Br)c1. The highest BCUT2D eigenvalue weighted by atomic mass is 79.9. The number of hydrogen-bond acceptors (Lipinski definition) is 3. The first-order valence-corrected chi connectivity index (χ1v) is 6.23. The normalized spacial score (nSPS) is 12.7. The maximum absolute atomic E-state index is 5.59. The molecule has 0 spiro atoms. The summed E-state index contributed by atoms with van der Waals surface area (Å²) in [5, 5.41) is 2.10. The van der Waals surface area contributed by atoms with E-state index in [1.807, 2.05) is 18.2 Å². The van der Waals surface area contributed by atoms with Gasteiger partial charge < -0.3 is 0 Å². The molecule has 0 bridgehead atoms. The zero-order valence-corrected chi connectivity index (χ0v) is 10.4. The van der Waals surface area contributed by atoms with Crippen LogP contribution in [-0.2, 0) is 0 Å². The molecule has 1 aromatic carbocycles. The van der Waals surface area contributed by atoms with Gasteiger partial charge >= 0.3 is 0 Å². The van der Waals surface area contributed by atoms with Crippen LogP contribution in [0.25, 0.3) is 0 Å². The Morgan fingerprint density at radius 3 is 2.47 bits per heavy atom. The molecule has 0 aliphatic heterocycles. The molecule has 2 nitrogen and oxygen atoms in total. The number of hydrogen-bond donors (Lipinski definition) is 2. The van der Waals surface area contributed by atoms with Crippen LogP contribution >= 0.6 is 27.3 Å². The predicted molar refractivity (Wildman–Crippen MR) is 67.6 cm³/mol. The second kappa shape index (κ2) is 4.90. The Balaban J connectivity index is 2.33. The standard InChI is InChI=1S/C11H11BrN2S/c12-10-6-9(7-15-10)11(14-13)8-4-2-1-3-5-8/h1-7,11,14H,13H2. The van der Waals surface area contributed by atoms with Crippen LogP contribution in [0.1, 0.15) is 17.2 Å². The minimum Gasteiger partial charge on any atom is -0.271 e. The van der Waals surface area contributed by atoms with Crippen molar-refractivity contribution in [2.75, 3.05) is 0 Å². The van der Waals surface area contributed by atoms with Crippen LogP contribution in [-0.4, -0.2) is 0 Å². The van der Waals surface area contributed by atoms with Gasteiger partial charge in [0.05, 0.1) is 9.83 Å². The van der Waals surface area contributed by atoms with Gasteiger partial charge in [-0.1, -0.05) is 30.3 Å². The number of thiophene rings is 1. The van der Waals surface area contributed by atoms with Gasteiger partial charge in [-0.25, -0.2) is 5.43 Å². The Morgan fingerprint density at radius 1 is 1.20 bits per heavy atom. The predicted octanol–water partition coefficient (Wildman–Crippen LogP) is 3.06. The fraction of sp³-hybridized carbons (Fsp3) is 0.0909. The molecule has 1 heterocycles. The second-order valence-electron chi connectivity index (χ2n) is 3.19. The van der Waals surface area contributed by atoms with E-state index in [2.05, 4.69) is 44.9 Å². The Kier molecular flexibility index (Phi) is 3.53. The van der Waals surface area contributed by atoms with Crippen molar-refractivity contribution in [2.24, 2.45) is 5.84 Å². The van der Waals surface area contributed by atoms with Crippen LogP contribution in [0.3, 0.4) is 0 Å². The fourth-order valence-electron chi connectivity index (χ4n) is 1.51. The van der Waals surface area contributed by atoms with Gasteiger partial charge in [0.15, 0.2) is 0 Å². The topological polar surface area (TPSA) is 38.0 Å². The smallest absolute Gasteiger partial charge is 0.0718 e. The van der Waals surface area contributed by atoms with Crippen molar-refractivity contribution in [2.45, 2.75) is 6.04 Å². The minimum absolute atomic E-state index is 0.0637. The third-order valence-electron chi connectivity index (χ3n) is 2.22. The third kappa shape index (κ3) is 2.46. The highest BCUT2D eigenvalue weighted by molar-refractivity contribution is 9.11. The quantitative estimate of drug-likeness (QED) is 0.671. The molecule has 0 radical (unpaired) electrons. The number of halogens is 1. The number of hydrazine groups is 1. The maximum Gasteiger partial charge on any atom is 0.0718 e. The molecule has 2 rings (SSSR count). The van der Waals surface area contributed by atoms with Crippen LogP contribution in [0.2, 0.25) is 0 Å². The van der Waals surface area contributed by atoms with Gasteiger partial charge in [-0.3, -0.25) is 5.84 Å². The van der Waals surface area contributed by atoms with Crippen molar-refractivity contribution in [3.8, 4) is 0 Å². The molecule has 15 heavy (non-hydrogen) atoms. The summed E-state index contributed by atoms with van der Waals surface area (Å²) < 4.78 is 1.12. The average Bonchev–Trinajstić information content (AvgIpc) is 2.68. The minimum atomic E-state index is 0.0637. The maximum atomic E-state index is 5.59. The molecular weight excluding hydrogens is 272 g/mol. The van der Waals surface area contributed by atoms with Crippen molar-refractivity contribution in [1.29, 1.82) is 0 Å². The van der Waals surface area contributed by atoms with E-state index in [1.165, 1.54) is 11.1 Å². The van der Waals surface area contributed by atoms with Gasteiger partial charge in [-0.15, -0.1) is 11.3 Å². The first-order chi connectivity index (χ1) is 7.31. The largest absolute Gasteiger partial charge is 0.271 e. The molecule has 1 aromatic heterocycles. The molecule has 0 saturated carbocycles. The highest BCUT2D eigenvalue weighted by Gasteiger charge is 2.12. The molecule has 0 amide bonds. The van der Waals surface area contributed by atoms with Crippen molar-refractivity contribution in [3.63, 3.8) is 0 Å². The first-order valence-electron chi connectivity index (χ1n) is 4.56. The lowest BCUT2D eigenvalue weighted by Gasteiger charge is -2.14. The van der Waals surface area contributed by atoms with E-state index in [-0.39, 0.29) is 6.04 Å². The fourth-order valence-corrected chi connectivity index (χ4v) is 2.71. The Bertz CT molecular complexity index is 427. The van der Waals surface area contributed by atoms with E-state index in [1.54, 1.807) is 11.3 Å².